The summed E-state index contributed by atoms with van der Waals surface area (Å²) in [6, 6.07) is 7.01. The monoisotopic (exact) mass is 207 g/mol. The molecule has 0 aromatic heterocycles. The van der Waals surface area contributed by atoms with E-state index in [0.717, 1.165) is 5.56 Å². The fourth-order valence-corrected chi connectivity index (χ4v) is 1.40. The Morgan fingerprint density at radius 3 is 2.57 bits per heavy atom. The van der Waals surface area contributed by atoms with Crippen molar-refractivity contribution in [3.63, 3.8) is 0 Å². The number of hydrogen-bond acceptors (Lipinski definition) is 2. The van der Waals surface area contributed by atoms with Crippen molar-refractivity contribution in [2.24, 2.45) is 0 Å². The summed E-state index contributed by atoms with van der Waals surface area (Å²) in [4.78, 5) is 10.9. The van der Waals surface area contributed by atoms with Gasteiger partial charge in [-0.2, -0.15) is 5.26 Å². The number of nitrogens with zero attached hydrogens (tertiary/aromatic N) is 1. The van der Waals surface area contributed by atoms with Crippen LogP contribution in [-0.2, 0) is 0 Å². The van der Waals surface area contributed by atoms with Gasteiger partial charge in [0.2, 0.25) is 0 Å². The lowest BCUT2D eigenvalue weighted by atomic mass is 9.96. The zero-order valence-electron chi connectivity index (χ0n) is 8.04. The molecule has 0 amide bonds. The van der Waals surface area contributed by atoms with Gasteiger partial charge in [0.05, 0.1) is 11.6 Å². The molecule has 0 spiro atoms. The van der Waals surface area contributed by atoms with E-state index >= 15 is 0 Å². The van der Waals surface area contributed by atoms with Crippen molar-refractivity contribution in [1.29, 1.82) is 5.26 Å². The average molecular weight is 208 g/mol. The van der Waals surface area contributed by atoms with E-state index in [9.17, 15) is 4.79 Å². The lowest BCUT2D eigenvalue weighted by molar-refractivity contribution is 0.108. The molecule has 1 rings (SSSR count). The summed E-state index contributed by atoms with van der Waals surface area (Å²) in [6.45, 7) is 4.00. The van der Waals surface area contributed by atoms with Crippen molar-refractivity contribution in [3.8, 4) is 6.07 Å². The molecule has 2 nitrogen and oxygen atoms in total. The summed E-state index contributed by atoms with van der Waals surface area (Å²) in [6.07, 6.45) is 0. The summed E-state index contributed by atoms with van der Waals surface area (Å²) in [7, 11) is 0. The highest BCUT2D eigenvalue weighted by Crippen LogP contribution is 2.20. The lowest BCUT2D eigenvalue weighted by Gasteiger charge is -2.07. The van der Waals surface area contributed by atoms with Crippen LogP contribution in [0.4, 0.5) is 0 Å². The van der Waals surface area contributed by atoms with E-state index in [1.807, 2.05) is 13.8 Å². The van der Waals surface area contributed by atoms with E-state index < -0.39 is 5.24 Å². The number of nitriles is 1. The molecule has 0 unspecified atom stereocenters. The second kappa shape index (κ2) is 4.26. The maximum atomic E-state index is 10.9. The third-order valence-electron chi connectivity index (χ3n) is 2.02. The molecule has 0 fully saturated rings. The molecule has 0 saturated heterocycles. The molecular formula is C11H10ClNO. The van der Waals surface area contributed by atoms with Crippen LogP contribution in [0.5, 0.6) is 0 Å². The standard InChI is InChI=1S/C11H10ClNO/c1-7(2)10-4-3-8(11(12)14)5-9(10)6-13/h3-5,7H,1-2H3. The first-order valence-corrected chi connectivity index (χ1v) is 4.68. The van der Waals surface area contributed by atoms with Gasteiger partial charge in [0.25, 0.3) is 5.24 Å². The van der Waals surface area contributed by atoms with E-state index in [1.165, 1.54) is 6.07 Å². The fourth-order valence-electron chi connectivity index (χ4n) is 1.28. The minimum atomic E-state index is -0.531. The van der Waals surface area contributed by atoms with Crippen LogP contribution in [0.1, 0.15) is 41.3 Å². The zero-order valence-corrected chi connectivity index (χ0v) is 8.80. The van der Waals surface area contributed by atoms with Crippen molar-refractivity contribution in [1.82, 2.24) is 0 Å². The third kappa shape index (κ3) is 2.12. The third-order valence-corrected chi connectivity index (χ3v) is 2.24. The van der Waals surface area contributed by atoms with Crippen LogP contribution in [0.25, 0.3) is 0 Å². The molecule has 0 N–H and O–H groups in total. The highest BCUT2D eigenvalue weighted by Gasteiger charge is 2.09. The Balaban J connectivity index is 3.27. The highest BCUT2D eigenvalue weighted by molar-refractivity contribution is 6.67. The number of carbonyl (C=O) groups excluding carboxylic acids is 1. The predicted molar refractivity (Wildman–Crippen MR) is 55.4 cm³/mol. The smallest absolute Gasteiger partial charge is 0.252 e. The summed E-state index contributed by atoms with van der Waals surface area (Å²) in [5.74, 6) is 0.268. The Morgan fingerprint density at radius 1 is 1.50 bits per heavy atom. The van der Waals surface area contributed by atoms with Gasteiger partial charge in [0.1, 0.15) is 0 Å². The first-order valence-electron chi connectivity index (χ1n) is 4.30. The predicted octanol–water partition coefficient (Wildman–Crippen LogP) is 3.06. The lowest BCUT2D eigenvalue weighted by Crippen LogP contribution is -1.96. The number of hydrogen-bond donors (Lipinski definition) is 0. The topological polar surface area (TPSA) is 40.9 Å². The maximum Gasteiger partial charge on any atom is 0.252 e. The number of benzene rings is 1. The van der Waals surface area contributed by atoms with Crippen LogP contribution in [0.3, 0.4) is 0 Å². The van der Waals surface area contributed by atoms with Gasteiger partial charge in [0.15, 0.2) is 0 Å². The molecular weight excluding hydrogens is 198 g/mol. The first-order chi connectivity index (χ1) is 6.56. The molecule has 0 radical (unpaired) electrons. The average Bonchev–Trinajstić information content (AvgIpc) is 2.16. The molecule has 0 aliphatic carbocycles. The minimum absolute atomic E-state index is 0.268. The quantitative estimate of drug-likeness (QED) is 0.700. The SMILES string of the molecule is CC(C)c1ccc(C(=O)Cl)cc1C#N. The van der Waals surface area contributed by atoms with Gasteiger partial charge in [-0.15, -0.1) is 0 Å². The van der Waals surface area contributed by atoms with Gasteiger partial charge in [-0.05, 0) is 35.2 Å². The summed E-state index contributed by atoms with van der Waals surface area (Å²) in [5.41, 5.74) is 1.83. The zero-order chi connectivity index (χ0) is 10.7. The summed E-state index contributed by atoms with van der Waals surface area (Å²) in [5, 5.41) is 8.34. The minimum Gasteiger partial charge on any atom is -0.276 e. The van der Waals surface area contributed by atoms with Crippen molar-refractivity contribution in [2.75, 3.05) is 0 Å². The fraction of sp³-hybridized carbons (Fsp3) is 0.273. The number of rotatable bonds is 2. The van der Waals surface area contributed by atoms with E-state index in [1.54, 1.807) is 12.1 Å². The molecule has 0 saturated carbocycles. The molecule has 72 valence electrons. The van der Waals surface area contributed by atoms with Crippen LogP contribution in [0, 0.1) is 11.3 Å². The molecule has 1 aromatic carbocycles. The number of halogens is 1. The molecule has 0 bridgehead atoms. The molecule has 0 heterocycles. The van der Waals surface area contributed by atoms with E-state index in [4.69, 9.17) is 16.9 Å². The van der Waals surface area contributed by atoms with Crippen LogP contribution < -0.4 is 0 Å². The normalized spacial score (nSPS) is 9.93. The van der Waals surface area contributed by atoms with E-state index in [0.29, 0.717) is 11.1 Å². The Morgan fingerprint density at radius 2 is 2.14 bits per heavy atom. The Labute approximate surface area is 88.1 Å². The second-order valence-corrected chi connectivity index (χ2v) is 3.69. The van der Waals surface area contributed by atoms with Gasteiger partial charge in [0, 0.05) is 5.56 Å². The van der Waals surface area contributed by atoms with Crippen LogP contribution >= 0.6 is 11.6 Å². The summed E-state index contributed by atoms with van der Waals surface area (Å²) < 4.78 is 0. The van der Waals surface area contributed by atoms with Gasteiger partial charge in [-0.25, -0.2) is 0 Å². The van der Waals surface area contributed by atoms with Gasteiger partial charge in [-0.1, -0.05) is 19.9 Å². The summed E-state index contributed by atoms with van der Waals surface area (Å²) >= 11 is 5.32. The van der Waals surface area contributed by atoms with Crippen LogP contribution in [-0.4, -0.2) is 5.24 Å². The van der Waals surface area contributed by atoms with Crippen molar-refractivity contribution < 1.29 is 4.79 Å². The maximum absolute atomic E-state index is 10.9. The van der Waals surface area contributed by atoms with Crippen molar-refractivity contribution in [3.05, 3.63) is 34.9 Å². The molecule has 1 aromatic rings. The molecule has 0 aliphatic rings. The van der Waals surface area contributed by atoms with Gasteiger partial charge in [-0.3, -0.25) is 4.79 Å². The Hall–Kier alpha value is -1.33. The van der Waals surface area contributed by atoms with Gasteiger partial charge < -0.3 is 0 Å². The first kappa shape index (κ1) is 10.7. The second-order valence-electron chi connectivity index (χ2n) is 3.34. The van der Waals surface area contributed by atoms with Crippen LogP contribution in [0.2, 0.25) is 0 Å². The van der Waals surface area contributed by atoms with E-state index in [2.05, 4.69) is 6.07 Å². The van der Waals surface area contributed by atoms with Crippen molar-refractivity contribution >= 4 is 16.8 Å². The molecule has 14 heavy (non-hydrogen) atoms. The van der Waals surface area contributed by atoms with Gasteiger partial charge >= 0.3 is 0 Å². The largest absolute Gasteiger partial charge is 0.276 e. The Bertz CT molecular complexity index is 404. The van der Waals surface area contributed by atoms with E-state index in [-0.39, 0.29) is 5.92 Å². The van der Waals surface area contributed by atoms with Crippen molar-refractivity contribution in [2.45, 2.75) is 19.8 Å². The highest BCUT2D eigenvalue weighted by atomic mass is 35.5. The van der Waals surface area contributed by atoms with Crippen LogP contribution in [0.15, 0.2) is 18.2 Å². The number of carbonyl (C=O) groups is 1. The molecule has 0 aliphatic heterocycles. The molecule has 3 heteroatoms. The molecule has 0 atom stereocenters. The Kier molecular flexibility index (Phi) is 3.27.